The molecule has 214 valence electrons. The van der Waals surface area contributed by atoms with Crippen LogP contribution >= 0.6 is 0 Å². The lowest BCUT2D eigenvalue weighted by Crippen LogP contribution is -2.52. The zero-order valence-electron chi connectivity index (χ0n) is 23.7. The van der Waals surface area contributed by atoms with Gasteiger partial charge in [-0.05, 0) is 51.2 Å². The van der Waals surface area contributed by atoms with Gasteiger partial charge in [0.2, 0.25) is 0 Å². The van der Waals surface area contributed by atoms with Gasteiger partial charge in [-0.25, -0.2) is 9.59 Å². The first-order chi connectivity index (χ1) is 18.4. The summed E-state index contributed by atoms with van der Waals surface area (Å²) in [5.74, 6) is 0.276. The summed E-state index contributed by atoms with van der Waals surface area (Å²) in [5.41, 5.74) is 1.12. The van der Waals surface area contributed by atoms with Gasteiger partial charge in [0.25, 0.3) is 5.69 Å². The van der Waals surface area contributed by atoms with E-state index in [1.54, 1.807) is 39.8 Å². The molecular weight excluding hydrogens is 502 g/mol. The number of nitro benzene ring substituents is 1. The molecule has 0 radical (unpaired) electrons. The first-order valence-corrected chi connectivity index (χ1v) is 13.2. The standard InChI is InChI=1S/C29H41N3O7/c1-7-37-28(34)38-26(20-31(18-21(2)3)19-23-13-15-24(16-14-23)32(35)36)25(17-22-11-9-8-10-12-22)30-27(33)39-29(4,5)6/h8-16,21,25-26H,7,17-20H2,1-6H3,(H,30,33)/t25-,26+/m0/s1. The monoisotopic (exact) mass is 543 g/mol. The number of nitro groups is 1. The molecule has 2 rings (SSSR count). The Labute approximate surface area is 230 Å². The Morgan fingerprint density at radius 3 is 2.18 bits per heavy atom. The highest BCUT2D eigenvalue weighted by atomic mass is 16.7. The van der Waals surface area contributed by atoms with Gasteiger partial charge in [-0.15, -0.1) is 0 Å². The van der Waals surface area contributed by atoms with Crippen LogP contribution in [0.1, 0.15) is 52.7 Å². The Bertz CT molecular complexity index is 1050. The van der Waals surface area contributed by atoms with Crippen LogP contribution in [0.15, 0.2) is 54.6 Å². The van der Waals surface area contributed by atoms with Crippen molar-refractivity contribution < 1.29 is 28.7 Å². The van der Waals surface area contributed by atoms with Gasteiger partial charge >= 0.3 is 12.2 Å². The summed E-state index contributed by atoms with van der Waals surface area (Å²) in [6.45, 7) is 12.7. The Kier molecular flexibility index (Phi) is 12.2. The summed E-state index contributed by atoms with van der Waals surface area (Å²) < 4.78 is 16.4. The van der Waals surface area contributed by atoms with Crippen molar-refractivity contribution in [2.45, 2.75) is 72.3 Å². The molecule has 0 fully saturated rings. The Balaban J connectivity index is 2.38. The fourth-order valence-electron chi connectivity index (χ4n) is 4.08. The van der Waals surface area contributed by atoms with Gasteiger partial charge in [0.15, 0.2) is 0 Å². The van der Waals surface area contributed by atoms with Gasteiger partial charge in [-0.2, -0.15) is 0 Å². The van der Waals surface area contributed by atoms with E-state index in [1.807, 2.05) is 30.3 Å². The zero-order valence-corrected chi connectivity index (χ0v) is 23.7. The largest absolute Gasteiger partial charge is 0.508 e. The quantitative estimate of drug-likeness (QED) is 0.193. The second-order valence-electron chi connectivity index (χ2n) is 10.8. The zero-order chi connectivity index (χ0) is 29.0. The van der Waals surface area contributed by atoms with Crippen molar-refractivity contribution in [1.82, 2.24) is 10.2 Å². The highest BCUT2D eigenvalue weighted by Crippen LogP contribution is 2.18. The molecule has 0 aliphatic heterocycles. The highest BCUT2D eigenvalue weighted by molar-refractivity contribution is 5.68. The Hall–Kier alpha value is -3.66. The number of alkyl carbamates (subject to hydrolysis) is 1. The Morgan fingerprint density at radius 1 is 1.00 bits per heavy atom. The third kappa shape index (κ3) is 12.2. The minimum atomic E-state index is -0.827. The predicted molar refractivity (Wildman–Crippen MR) is 148 cm³/mol. The first kappa shape index (κ1) is 31.6. The number of nitrogens with zero attached hydrogens (tertiary/aromatic N) is 2. The molecule has 0 heterocycles. The van der Waals surface area contributed by atoms with Crippen molar-refractivity contribution in [3.8, 4) is 0 Å². The predicted octanol–water partition coefficient (Wildman–Crippen LogP) is 5.73. The van der Waals surface area contributed by atoms with E-state index < -0.39 is 34.9 Å². The van der Waals surface area contributed by atoms with Crippen molar-refractivity contribution in [2.24, 2.45) is 5.92 Å². The molecule has 0 aliphatic carbocycles. The maximum Gasteiger partial charge on any atom is 0.508 e. The van der Waals surface area contributed by atoms with Crippen LogP contribution in [0, 0.1) is 16.0 Å². The second kappa shape index (κ2) is 15.1. The van der Waals surface area contributed by atoms with E-state index >= 15 is 0 Å². The van der Waals surface area contributed by atoms with Crippen molar-refractivity contribution in [2.75, 3.05) is 19.7 Å². The smallest absolute Gasteiger partial charge is 0.444 e. The number of benzene rings is 2. The summed E-state index contributed by atoms with van der Waals surface area (Å²) in [5, 5.41) is 14.0. The molecule has 1 amide bonds. The fourth-order valence-corrected chi connectivity index (χ4v) is 4.08. The van der Waals surface area contributed by atoms with Crippen LogP contribution < -0.4 is 5.32 Å². The van der Waals surface area contributed by atoms with Gasteiger partial charge < -0.3 is 19.5 Å². The molecule has 0 saturated carbocycles. The molecule has 0 bridgehead atoms. The van der Waals surface area contributed by atoms with Crippen LogP contribution in [0.25, 0.3) is 0 Å². The van der Waals surface area contributed by atoms with E-state index in [1.165, 1.54) is 12.1 Å². The third-order valence-electron chi connectivity index (χ3n) is 5.57. The number of rotatable bonds is 13. The fraction of sp³-hybridized carbons (Fsp3) is 0.517. The van der Waals surface area contributed by atoms with E-state index in [-0.39, 0.29) is 24.8 Å². The van der Waals surface area contributed by atoms with Crippen molar-refractivity contribution in [3.63, 3.8) is 0 Å². The maximum atomic E-state index is 12.8. The first-order valence-electron chi connectivity index (χ1n) is 13.2. The highest BCUT2D eigenvalue weighted by Gasteiger charge is 2.31. The van der Waals surface area contributed by atoms with Crippen LogP contribution in [0.2, 0.25) is 0 Å². The summed E-state index contributed by atoms with van der Waals surface area (Å²) in [7, 11) is 0. The van der Waals surface area contributed by atoms with Crippen LogP contribution in [0.3, 0.4) is 0 Å². The van der Waals surface area contributed by atoms with Gasteiger partial charge in [0.1, 0.15) is 11.7 Å². The van der Waals surface area contributed by atoms with Crippen molar-refractivity contribution in [3.05, 3.63) is 75.8 Å². The van der Waals surface area contributed by atoms with Gasteiger partial charge in [-0.1, -0.05) is 56.3 Å². The Morgan fingerprint density at radius 2 is 1.64 bits per heavy atom. The molecular formula is C29H41N3O7. The van der Waals surface area contributed by atoms with Gasteiger partial charge in [-0.3, -0.25) is 15.0 Å². The molecule has 0 saturated heterocycles. The van der Waals surface area contributed by atoms with Crippen LogP contribution in [-0.4, -0.2) is 59.5 Å². The molecule has 2 aromatic rings. The summed E-state index contributed by atoms with van der Waals surface area (Å²) >= 11 is 0. The lowest BCUT2D eigenvalue weighted by Gasteiger charge is -2.33. The normalized spacial score (nSPS) is 13.0. The number of hydrogen-bond acceptors (Lipinski definition) is 8. The molecule has 10 nitrogen and oxygen atoms in total. The van der Waals surface area contributed by atoms with Crippen LogP contribution in [-0.2, 0) is 27.2 Å². The van der Waals surface area contributed by atoms with Crippen LogP contribution in [0.4, 0.5) is 15.3 Å². The summed E-state index contributed by atoms with van der Waals surface area (Å²) in [6, 6.07) is 15.3. The molecule has 10 heteroatoms. The topological polar surface area (TPSA) is 120 Å². The van der Waals surface area contributed by atoms with E-state index in [0.29, 0.717) is 19.5 Å². The lowest BCUT2D eigenvalue weighted by molar-refractivity contribution is -0.384. The van der Waals surface area contributed by atoms with E-state index in [0.717, 1.165) is 11.1 Å². The SMILES string of the molecule is CCOC(=O)O[C@H](CN(Cc1ccc([N+](=O)[O-])cc1)CC(C)C)[C@H](Cc1ccccc1)NC(=O)OC(C)(C)C. The maximum absolute atomic E-state index is 12.8. The summed E-state index contributed by atoms with van der Waals surface area (Å²) in [4.78, 5) is 38.1. The minimum Gasteiger partial charge on any atom is -0.444 e. The number of carbonyl (C=O) groups excluding carboxylic acids is 2. The summed E-state index contributed by atoms with van der Waals surface area (Å²) in [6.07, 6.45) is -1.84. The lowest BCUT2D eigenvalue weighted by atomic mass is 10.00. The molecule has 0 aliphatic rings. The van der Waals surface area contributed by atoms with Crippen LogP contribution in [0.5, 0.6) is 0 Å². The molecule has 0 aromatic heterocycles. The van der Waals surface area contributed by atoms with E-state index in [9.17, 15) is 19.7 Å². The number of non-ortho nitro benzene ring substituents is 1. The molecule has 2 atom stereocenters. The second-order valence-corrected chi connectivity index (χ2v) is 10.8. The number of hydrogen-bond donors (Lipinski definition) is 1. The van der Waals surface area contributed by atoms with E-state index in [2.05, 4.69) is 24.1 Å². The molecule has 0 unspecified atom stereocenters. The van der Waals surface area contributed by atoms with Crippen molar-refractivity contribution in [1.29, 1.82) is 0 Å². The molecule has 1 N–H and O–H groups in total. The average molecular weight is 544 g/mol. The van der Waals surface area contributed by atoms with E-state index in [4.69, 9.17) is 14.2 Å². The number of amides is 1. The molecule has 39 heavy (non-hydrogen) atoms. The van der Waals surface area contributed by atoms with Gasteiger partial charge in [0, 0.05) is 31.8 Å². The van der Waals surface area contributed by atoms with Crippen molar-refractivity contribution >= 4 is 17.9 Å². The third-order valence-corrected chi connectivity index (χ3v) is 5.57. The molecule has 2 aromatic carbocycles. The average Bonchev–Trinajstić information content (AvgIpc) is 2.83. The minimum absolute atomic E-state index is 0.0159. The van der Waals surface area contributed by atoms with Gasteiger partial charge in [0.05, 0.1) is 17.6 Å². The molecule has 0 spiro atoms. The number of nitrogens with one attached hydrogen (secondary N) is 1. The number of carbonyl (C=O) groups is 2. The number of ether oxygens (including phenoxy) is 3.